The number of carboxylic acid groups (broad SMARTS) is 1. The number of amides is 1. The largest absolute Gasteiger partial charge is 0.477 e. The first-order valence-electron chi connectivity index (χ1n) is 10.2. The molecule has 32 heavy (non-hydrogen) atoms. The van der Waals surface area contributed by atoms with Crippen LogP contribution in [0.25, 0.3) is 10.4 Å². The summed E-state index contributed by atoms with van der Waals surface area (Å²) < 4.78 is 1.69. The summed E-state index contributed by atoms with van der Waals surface area (Å²) in [6, 6.07) is -0.402. The number of aliphatic hydroxyl groups excluding tert-OH is 1. The van der Waals surface area contributed by atoms with Crippen molar-refractivity contribution in [2.45, 2.75) is 32.9 Å². The third-order valence-corrected chi connectivity index (χ3v) is 7.16. The number of aliphatic carboxylic acids is 1. The third-order valence-electron chi connectivity index (χ3n) is 6.02. The maximum atomic E-state index is 13.0. The summed E-state index contributed by atoms with van der Waals surface area (Å²) in [5, 5.41) is 19.9. The average Bonchev–Trinajstić information content (AvgIpc) is 3.37. The summed E-state index contributed by atoms with van der Waals surface area (Å²) in [4.78, 5) is 44.4. The maximum absolute atomic E-state index is 13.0. The van der Waals surface area contributed by atoms with Crippen LogP contribution in [-0.4, -0.2) is 54.3 Å². The molecule has 1 amide bonds. The number of imidazole rings is 1. The molecule has 0 radical (unpaired) electrons. The zero-order valence-electron chi connectivity index (χ0n) is 17.8. The number of hydrogen-bond acceptors (Lipinski definition) is 6. The lowest BCUT2D eigenvalue weighted by Gasteiger charge is -2.46. The predicted molar refractivity (Wildman–Crippen MR) is 120 cm³/mol. The lowest BCUT2D eigenvalue weighted by Crippen LogP contribution is -2.63. The molecule has 9 heteroatoms. The van der Waals surface area contributed by atoms with E-state index in [1.54, 1.807) is 35.7 Å². The van der Waals surface area contributed by atoms with Gasteiger partial charge in [-0.3, -0.25) is 14.0 Å². The number of thiazole rings is 1. The van der Waals surface area contributed by atoms with Gasteiger partial charge in [0.25, 0.3) is 0 Å². The minimum Gasteiger partial charge on any atom is -0.477 e. The smallest absolute Gasteiger partial charge is 0.352 e. The second-order valence-electron chi connectivity index (χ2n) is 7.90. The molecule has 2 aliphatic rings. The number of ketones is 1. The zero-order valence-corrected chi connectivity index (χ0v) is 18.7. The number of carbonyl (C=O) groups excluding carboxylic acids is 2. The molecule has 1 fully saturated rings. The van der Waals surface area contributed by atoms with Crippen molar-refractivity contribution in [1.29, 1.82) is 0 Å². The number of aromatic nitrogens is 2. The van der Waals surface area contributed by atoms with Crippen molar-refractivity contribution in [2.24, 2.45) is 11.8 Å². The quantitative estimate of drug-likeness (QED) is 0.289. The van der Waals surface area contributed by atoms with Gasteiger partial charge < -0.3 is 15.1 Å². The van der Waals surface area contributed by atoms with Crippen molar-refractivity contribution in [1.82, 2.24) is 14.3 Å². The summed E-state index contributed by atoms with van der Waals surface area (Å²) in [5.41, 5.74) is 1.11. The molecule has 2 N–H and O–H groups in total. The van der Waals surface area contributed by atoms with Crippen LogP contribution >= 0.6 is 11.3 Å². The van der Waals surface area contributed by atoms with Crippen LogP contribution in [0.1, 0.15) is 36.1 Å². The minimum atomic E-state index is -1.19. The van der Waals surface area contributed by atoms with Crippen molar-refractivity contribution in [3.8, 4) is 0 Å². The van der Waals surface area contributed by atoms with Crippen molar-refractivity contribution in [3.63, 3.8) is 0 Å². The van der Waals surface area contributed by atoms with Crippen LogP contribution in [0.3, 0.4) is 0 Å². The highest BCUT2D eigenvalue weighted by Gasteiger charge is 2.60. The van der Waals surface area contributed by atoms with E-state index in [4.69, 9.17) is 0 Å². The van der Waals surface area contributed by atoms with E-state index in [-0.39, 0.29) is 29.0 Å². The summed E-state index contributed by atoms with van der Waals surface area (Å²) >= 11 is 1.25. The van der Waals surface area contributed by atoms with Gasteiger partial charge in [-0.1, -0.05) is 37.8 Å². The molecule has 8 nitrogen and oxygen atoms in total. The Labute approximate surface area is 188 Å². The zero-order chi connectivity index (χ0) is 23.3. The van der Waals surface area contributed by atoms with Crippen molar-refractivity contribution in [3.05, 3.63) is 65.2 Å². The number of β-lactam (4-membered cyclic amide) rings is 1. The molecular formula is C23H23N3O5S. The molecule has 0 bridgehead atoms. The van der Waals surface area contributed by atoms with Gasteiger partial charge >= 0.3 is 5.97 Å². The molecule has 0 aromatic carbocycles. The van der Waals surface area contributed by atoms with E-state index in [0.29, 0.717) is 20.9 Å². The Kier molecular flexibility index (Phi) is 5.47. The summed E-state index contributed by atoms with van der Waals surface area (Å²) in [6.45, 7) is 8.95. The highest BCUT2D eigenvalue weighted by molar-refractivity contribution is 7.18. The van der Waals surface area contributed by atoms with E-state index < -0.39 is 24.0 Å². The molecule has 2 aromatic rings. The second kappa shape index (κ2) is 7.99. The molecule has 0 spiro atoms. The van der Waals surface area contributed by atoms with Crippen LogP contribution < -0.4 is 0 Å². The van der Waals surface area contributed by atoms with Crippen molar-refractivity contribution < 1.29 is 24.6 Å². The van der Waals surface area contributed by atoms with Crippen LogP contribution in [0.15, 0.2) is 54.7 Å². The normalized spacial score (nSPS) is 24.2. The van der Waals surface area contributed by atoms with E-state index in [9.17, 15) is 24.6 Å². The molecule has 2 aromatic heterocycles. The first kappa shape index (κ1) is 21.9. The number of aliphatic hydroxyl groups is 1. The van der Waals surface area contributed by atoms with Crippen LogP contribution in [0.5, 0.6) is 0 Å². The molecule has 0 saturated carbocycles. The Morgan fingerprint density at radius 1 is 1.38 bits per heavy atom. The fourth-order valence-electron chi connectivity index (χ4n) is 4.55. The number of hydrogen-bond donors (Lipinski definition) is 2. The molecule has 2 aliphatic heterocycles. The van der Waals surface area contributed by atoms with E-state index >= 15 is 0 Å². The van der Waals surface area contributed by atoms with Gasteiger partial charge in [-0.15, -0.1) is 11.3 Å². The summed E-state index contributed by atoms with van der Waals surface area (Å²) in [7, 11) is 0. The molecule has 4 heterocycles. The van der Waals surface area contributed by atoms with Gasteiger partial charge in [0.15, 0.2) is 0 Å². The SMILES string of the molecule is C=C/C(=C\C=C/C)C(=O)c1ncn2cc(C3=C(C(=O)O)N4C(=O)[C@H]([C@@H](C)O)[C@H]4[C@H]3C)sc12. The van der Waals surface area contributed by atoms with Gasteiger partial charge in [0.2, 0.25) is 11.7 Å². The predicted octanol–water partition coefficient (Wildman–Crippen LogP) is 2.92. The minimum absolute atomic E-state index is 0.0606. The monoisotopic (exact) mass is 453 g/mol. The highest BCUT2D eigenvalue weighted by Crippen LogP contribution is 2.51. The number of Topliss-reactive ketones (excluding diaryl/α,β-unsaturated/α-hetero) is 1. The van der Waals surface area contributed by atoms with Gasteiger partial charge in [-0.05, 0) is 13.8 Å². The summed E-state index contributed by atoms with van der Waals surface area (Å²) in [5.74, 6) is -2.77. The first-order chi connectivity index (χ1) is 15.2. The van der Waals surface area contributed by atoms with Crippen LogP contribution in [0.4, 0.5) is 0 Å². The Bertz CT molecular complexity index is 1250. The average molecular weight is 454 g/mol. The Morgan fingerprint density at radius 3 is 2.69 bits per heavy atom. The van der Waals surface area contributed by atoms with Crippen LogP contribution in [-0.2, 0) is 9.59 Å². The molecule has 0 unspecified atom stereocenters. The molecule has 166 valence electrons. The molecule has 4 atom stereocenters. The molecule has 4 rings (SSSR count). The van der Waals surface area contributed by atoms with Crippen LogP contribution in [0, 0.1) is 11.8 Å². The molecular weight excluding hydrogens is 430 g/mol. The van der Waals surface area contributed by atoms with E-state index in [1.165, 1.54) is 28.6 Å². The van der Waals surface area contributed by atoms with E-state index in [1.807, 2.05) is 13.8 Å². The number of rotatable bonds is 7. The first-order valence-corrected chi connectivity index (χ1v) is 11.0. The maximum Gasteiger partial charge on any atom is 0.352 e. The van der Waals surface area contributed by atoms with E-state index in [0.717, 1.165) is 0 Å². The second-order valence-corrected chi connectivity index (χ2v) is 8.93. The number of allylic oxidation sites excluding steroid dienone is 5. The Hall–Kier alpha value is -3.30. The van der Waals surface area contributed by atoms with Gasteiger partial charge in [-0.25, -0.2) is 9.78 Å². The topological polar surface area (TPSA) is 112 Å². The van der Waals surface area contributed by atoms with Gasteiger partial charge in [0, 0.05) is 23.3 Å². The van der Waals surface area contributed by atoms with E-state index in [2.05, 4.69) is 11.6 Å². The van der Waals surface area contributed by atoms with Gasteiger partial charge in [0.05, 0.1) is 22.9 Å². The molecule has 1 saturated heterocycles. The third kappa shape index (κ3) is 3.08. The lowest BCUT2D eigenvalue weighted by atomic mass is 9.77. The fourth-order valence-corrected chi connectivity index (χ4v) is 5.76. The Morgan fingerprint density at radius 2 is 2.09 bits per heavy atom. The van der Waals surface area contributed by atoms with Crippen molar-refractivity contribution >= 4 is 39.4 Å². The van der Waals surface area contributed by atoms with Crippen molar-refractivity contribution in [2.75, 3.05) is 0 Å². The van der Waals surface area contributed by atoms with Gasteiger partial charge in [0.1, 0.15) is 22.5 Å². The number of nitrogens with zero attached hydrogens (tertiary/aromatic N) is 3. The lowest BCUT2D eigenvalue weighted by molar-refractivity contribution is -0.163. The Balaban J connectivity index is 1.80. The number of carboxylic acids is 1. The molecule has 0 aliphatic carbocycles. The van der Waals surface area contributed by atoms with Crippen LogP contribution in [0.2, 0.25) is 0 Å². The number of carbonyl (C=O) groups is 3. The fraction of sp³-hybridized carbons (Fsp3) is 0.304. The van der Waals surface area contributed by atoms with Gasteiger partial charge in [-0.2, -0.15) is 0 Å². The summed E-state index contributed by atoms with van der Waals surface area (Å²) in [6.07, 6.45) is 9.05. The number of fused-ring (bicyclic) bond motifs is 2. The highest BCUT2D eigenvalue weighted by atomic mass is 32.1. The standard InChI is InChI=1S/C23H23N3O5S/c1-5-7-8-13(6-2)20(28)17-22-25(10-24-17)9-14(32-22)15-11(3)18-16(12(4)27)21(29)26(18)19(15)23(30)31/h5-12,16,18,27H,2H2,1,3-4H3,(H,30,31)/b7-5-,13-8+/t11-,12+,16+,18+/m0/s1.